The summed E-state index contributed by atoms with van der Waals surface area (Å²) in [6, 6.07) is 0.770. The van der Waals surface area contributed by atoms with E-state index in [0.29, 0.717) is 0 Å². The van der Waals surface area contributed by atoms with Crippen LogP contribution in [0.4, 0.5) is 0 Å². The molecule has 0 bridgehead atoms. The van der Waals surface area contributed by atoms with Gasteiger partial charge in [0.25, 0.3) is 0 Å². The van der Waals surface area contributed by atoms with Crippen LogP contribution >= 0.6 is 0 Å². The molecule has 14 heavy (non-hydrogen) atoms. The molecule has 0 radical (unpaired) electrons. The Morgan fingerprint density at radius 3 is 2.79 bits per heavy atom. The zero-order valence-corrected chi connectivity index (χ0v) is 9.63. The van der Waals surface area contributed by atoms with E-state index in [0.717, 1.165) is 24.4 Å². The van der Waals surface area contributed by atoms with Crippen molar-refractivity contribution in [2.75, 3.05) is 26.2 Å². The van der Waals surface area contributed by atoms with Crippen LogP contribution in [-0.2, 0) is 0 Å². The van der Waals surface area contributed by atoms with Crippen molar-refractivity contribution < 1.29 is 0 Å². The fourth-order valence-corrected chi connectivity index (χ4v) is 2.68. The Morgan fingerprint density at radius 1 is 1.36 bits per heavy atom. The van der Waals surface area contributed by atoms with Crippen molar-refractivity contribution in [2.45, 2.75) is 39.2 Å². The second-order valence-corrected chi connectivity index (χ2v) is 5.12. The van der Waals surface area contributed by atoms with Crippen molar-refractivity contribution in [3.63, 3.8) is 0 Å². The van der Waals surface area contributed by atoms with Gasteiger partial charge in [0.1, 0.15) is 0 Å². The zero-order chi connectivity index (χ0) is 9.97. The van der Waals surface area contributed by atoms with Gasteiger partial charge in [-0.1, -0.05) is 13.8 Å². The van der Waals surface area contributed by atoms with Crippen LogP contribution in [0.15, 0.2) is 0 Å². The molecule has 1 saturated carbocycles. The Hall–Kier alpha value is -0.0800. The Morgan fingerprint density at radius 2 is 2.14 bits per heavy atom. The van der Waals surface area contributed by atoms with E-state index in [2.05, 4.69) is 24.1 Å². The highest BCUT2D eigenvalue weighted by Gasteiger charge is 2.31. The van der Waals surface area contributed by atoms with Gasteiger partial charge in [-0.05, 0) is 44.2 Å². The van der Waals surface area contributed by atoms with E-state index in [9.17, 15) is 0 Å². The predicted molar refractivity (Wildman–Crippen MR) is 60.4 cm³/mol. The Kier molecular flexibility index (Phi) is 3.45. The Labute approximate surface area is 88.1 Å². The van der Waals surface area contributed by atoms with E-state index in [4.69, 9.17) is 0 Å². The van der Waals surface area contributed by atoms with Crippen LogP contribution in [-0.4, -0.2) is 37.1 Å². The molecule has 0 amide bonds. The van der Waals surface area contributed by atoms with Gasteiger partial charge in [-0.15, -0.1) is 0 Å². The fraction of sp³-hybridized carbons (Fsp3) is 1.00. The summed E-state index contributed by atoms with van der Waals surface area (Å²) in [5, 5.41) is 3.55. The maximum absolute atomic E-state index is 3.55. The molecule has 2 nitrogen and oxygen atoms in total. The predicted octanol–water partition coefficient (Wildman–Crippen LogP) is 1.72. The van der Waals surface area contributed by atoms with E-state index in [-0.39, 0.29) is 0 Å². The van der Waals surface area contributed by atoms with E-state index in [1.165, 1.54) is 38.9 Å². The first-order valence-electron chi connectivity index (χ1n) is 6.25. The van der Waals surface area contributed by atoms with Gasteiger partial charge in [-0.2, -0.15) is 0 Å². The largest absolute Gasteiger partial charge is 0.313 e. The molecular formula is C12H24N2. The van der Waals surface area contributed by atoms with E-state index in [1.54, 1.807) is 0 Å². The molecule has 0 aromatic rings. The highest BCUT2D eigenvalue weighted by atomic mass is 15.2. The lowest BCUT2D eigenvalue weighted by Crippen LogP contribution is -2.34. The number of hydrogen-bond donors (Lipinski definition) is 1. The second kappa shape index (κ2) is 4.63. The molecule has 0 aromatic carbocycles. The minimum atomic E-state index is 0.770. The highest BCUT2D eigenvalue weighted by molar-refractivity contribution is 4.85. The molecule has 2 heteroatoms. The summed E-state index contributed by atoms with van der Waals surface area (Å²) in [5.74, 6) is 2.00. The Balaban J connectivity index is 1.67. The van der Waals surface area contributed by atoms with Gasteiger partial charge in [-0.3, -0.25) is 0 Å². The smallest absolute Gasteiger partial charge is 0.0207 e. The molecular weight excluding hydrogens is 172 g/mol. The quantitative estimate of drug-likeness (QED) is 0.720. The molecule has 0 aromatic heterocycles. The number of likely N-dealkylation sites (N-methyl/N-ethyl adjacent to an activating group) is 1. The first-order valence-corrected chi connectivity index (χ1v) is 6.25. The van der Waals surface area contributed by atoms with E-state index < -0.39 is 0 Å². The Bertz CT molecular complexity index is 177. The first-order chi connectivity index (χ1) is 6.79. The number of rotatable bonds is 5. The van der Waals surface area contributed by atoms with Crippen LogP contribution in [0.1, 0.15) is 33.1 Å². The molecule has 1 aliphatic carbocycles. The molecule has 82 valence electrons. The fourth-order valence-electron chi connectivity index (χ4n) is 2.68. The van der Waals surface area contributed by atoms with Gasteiger partial charge < -0.3 is 10.2 Å². The van der Waals surface area contributed by atoms with Gasteiger partial charge in [0.15, 0.2) is 0 Å². The van der Waals surface area contributed by atoms with E-state index >= 15 is 0 Å². The van der Waals surface area contributed by atoms with Gasteiger partial charge in [0, 0.05) is 19.1 Å². The number of hydrogen-bond acceptors (Lipinski definition) is 2. The van der Waals surface area contributed by atoms with E-state index in [1.807, 2.05) is 0 Å². The molecule has 1 aliphatic heterocycles. The summed E-state index contributed by atoms with van der Waals surface area (Å²) in [7, 11) is 0. The monoisotopic (exact) mass is 196 g/mol. The van der Waals surface area contributed by atoms with Crippen LogP contribution in [0.2, 0.25) is 0 Å². The number of nitrogens with one attached hydrogen (secondary N) is 1. The molecule has 0 spiro atoms. The summed E-state index contributed by atoms with van der Waals surface area (Å²) in [5.41, 5.74) is 0. The molecule has 2 rings (SSSR count). The third-order valence-electron chi connectivity index (χ3n) is 3.74. The molecule has 1 saturated heterocycles. The molecule has 1 heterocycles. The summed E-state index contributed by atoms with van der Waals surface area (Å²) < 4.78 is 0. The third-order valence-corrected chi connectivity index (χ3v) is 3.74. The average molecular weight is 196 g/mol. The van der Waals surface area contributed by atoms with Gasteiger partial charge in [0.2, 0.25) is 0 Å². The summed E-state index contributed by atoms with van der Waals surface area (Å²) in [4.78, 5) is 2.65. The van der Waals surface area contributed by atoms with Crippen LogP contribution in [0.25, 0.3) is 0 Å². The van der Waals surface area contributed by atoms with Gasteiger partial charge in [0.05, 0.1) is 0 Å². The second-order valence-electron chi connectivity index (χ2n) is 5.12. The lowest BCUT2D eigenvalue weighted by molar-refractivity contribution is 0.266. The molecule has 1 N–H and O–H groups in total. The third kappa shape index (κ3) is 2.71. The van der Waals surface area contributed by atoms with Crippen molar-refractivity contribution >= 4 is 0 Å². The van der Waals surface area contributed by atoms with Crippen LogP contribution in [0.3, 0.4) is 0 Å². The zero-order valence-electron chi connectivity index (χ0n) is 9.63. The normalized spacial score (nSPS) is 30.9. The lowest BCUT2D eigenvalue weighted by Gasteiger charge is -2.20. The molecule has 2 unspecified atom stereocenters. The van der Waals surface area contributed by atoms with Crippen molar-refractivity contribution in [3.05, 3.63) is 0 Å². The van der Waals surface area contributed by atoms with Crippen molar-refractivity contribution in [1.82, 2.24) is 10.2 Å². The highest BCUT2D eigenvalue weighted by Crippen LogP contribution is 2.37. The van der Waals surface area contributed by atoms with Crippen molar-refractivity contribution in [3.8, 4) is 0 Å². The molecule has 2 atom stereocenters. The topological polar surface area (TPSA) is 15.3 Å². The minimum Gasteiger partial charge on any atom is -0.313 e. The van der Waals surface area contributed by atoms with Crippen molar-refractivity contribution in [2.24, 2.45) is 11.8 Å². The summed E-state index contributed by atoms with van der Waals surface area (Å²) in [6.45, 7) is 9.69. The first kappa shape index (κ1) is 10.4. The standard InChI is InChI=1S/C12H24N2/c1-3-13-12-6-7-14(9-12)8-10(2)11-4-5-11/h10-13H,3-9H2,1-2H3. The molecule has 2 fully saturated rings. The maximum atomic E-state index is 3.55. The summed E-state index contributed by atoms with van der Waals surface area (Å²) >= 11 is 0. The minimum absolute atomic E-state index is 0.770. The SMILES string of the molecule is CCNC1CCN(CC(C)C2CC2)C1. The van der Waals surface area contributed by atoms with Gasteiger partial charge >= 0.3 is 0 Å². The molecule has 2 aliphatic rings. The van der Waals surface area contributed by atoms with Gasteiger partial charge in [-0.25, -0.2) is 0 Å². The lowest BCUT2D eigenvalue weighted by atomic mass is 10.1. The van der Waals surface area contributed by atoms with Crippen LogP contribution in [0.5, 0.6) is 0 Å². The van der Waals surface area contributed by atoms with Crippen LogP contribution < -0.4 is 5.32 Å². The van der Waals surface area contributed by atoms with Crippen molar-refractivity contribution in [1.29, 1.82) is 0 Å². The number of likely N-dealkylation sites (tertiary alicyclic amines) is 1. The maximum Gasteiger partial charge on any atom is 0.0207 e. The average Bonchev–Trinajstić information content (AvgIpc) is 2.92. The van der Waals surface area contributed by atoms with Crippen LogP contribution in [0, 0.1) is 11.8 Å². The summed E-state index contributed by atoms with van der Waals surface area (Å²) in [6.07, 6.45) is 4.34. The number of nitrogens with zero attached hydrogens (tertiary/aromatic N) is 1.